The largest absolute Gasteiger partial charge is 0.462 e. The van der Waals surface area contributed by atoms with Crippen LogP contribution in [0.2, 0.25) is 0 Å². The number of esters is 1. The fourth-order valence-corrected chi connectivity index (χ4v) is 3.30. The van der Waals surface area contributed by atoms with Gasteiger partial charge in [-0.2, -0.15) is 0 Å². The van der Waals surface area contributed by atoms with Crippen LogP contribution in [-0.2, 0) is 4.74 Å². The normalized spacial score (nSPS) is 10.3. The second-order valence-electron chi connectivity index (χ2n) is 3.28. The van der Waals surface area contributed by atoms with Crippen molar-refractivity contribution in [1.29, 1.82) is 0 Å². The molecule has 0 aromatic carbocycles. The summed E-state index contributed by atoms with van der Waals surface area (Å²) in [6.07, 6.45) is 0. The zero-order chi connectivity index (χ0) is 13.1. The molecule has 0 aliphatic carbocycles. The zero-order valence-corrected chi connectivity index (χ0v) is 11.0. The first-order chi connectivity index (χ1) is 8.63. The SMILES string of the molecule is CCOC(=O)c1ccc(-c2sccc2[N+](=O)[O-])s1. The summed E-state index contributed by atoms with van der Waals surface area (Å²) in [5.41, 5.74) is 0.0669. The van der Waals surface area contributed by atoms with E-state index in [-0.39, 0.29) is 5.69 Å². The van der Waals surface area contributed by atoms with Crippen molar-refractivity contribution >= 4 is 34.3 Å². The minimum Gasteiger partial charge on any atom is -0.462 e. The lowest BCUT2D eigenvalue weighted by Gasteiger charge is -1.96. The van der Waals surface area contributed by atoms with Crippen LogP contribution < -0.4 is 0 Å². The van der Waals surface area contributed by atoms with Gasteiger partial charge in [0, 0.05) is 6.07 Å². The molecule has 18 heavy (non-hydrogen) atoms. The van der Waals surface area contributed by atoms with Crippen LogP contribution in [0.15, 0.2) is 23.6 Å². The quantitative estimate of drug-likeness (QED) is 0.488. The molecule has 0 amide bonds. The Morgan fingerprint density at radius 1 is 1.44 bits per heavy atom. The van der Waals surface area contributed by atoms with Crippen LogP contribution in [0, 0.1) is 10.1 Å². The van der Waals surface area contributed by atoms with E-state index in [0.29, 0.717) is 21.2 Å². The van der Waals surface area contributed by atoms with Crippen molar-refractivity contribution < 1.29 is 14.5 Å². The maximum atomic E-state index is 11.5. The summed E-state index contributed by atoms with van der Waals surface area (Å²) in [5.74, 6) is -0.395. The predicted octanol–water partition coefficient (Wildman–Crippen LogP) is 3.56. The van der Waals surface area contributed by atoms with Crippen molar-refractivity contribution in [3.05, 3.63) is 38.6 Å². The summed E-state index contributed by atoms with van der Waals surface area (Å²) in [5, 5.41) is 12.5. The molecule has 2 rings (SSSR count). The highest BCUT2D eigenvalue weighted by molar-refractivity contribution is 7.22. The van der Waals surface area contributed by atoms with E-state index in [1.165, 1.54) is 28.7 Å². The molecule has 5 nitrogen and oxygen atoms in total. The lowest BCUT2D eigenvalue weighted by atomic mass is 10.3. The lowest BCUT2D eigenvalue weighted by Crippen LogP contribution is -2.01. The molecule has 0 saturated carbocycles. The molecule has 94 valence electrons. The summed E-state index contributed by atoms with van der Waals surface area (Å²) in [6.45, 7) is 2.04. The summed E-state index contributed by atoms with van der Waals surface area (Å²) in [6, 6.07) is 4.79. The average molecular weight is 283 g/mol. The van der Waals surface area contributed by atoms with Crippen LogP contribution in [-0.4, -0.2) is 17.5 Å². The average Bonchev–Trinajstić information content (AvgIpc) is 2.98. The van der Waals surface area contributed by atoms with Crippen LogP contribution >= 0.6 is 22.7 Å². The number of nitro groups is 1. The van der Waals surface area contributed by atoms with Gasteiger partial charge in [0.25, 0.3) is 5.69 Å². The minimum atomic E-state index is -0.421. The number of ether oxygens (including phenoxy) is 1. The highest BCUT2D eigenvalue weighted by Crippen LogP contribution is 2.39. The van der Waals surface area contributed by atoms with Crippen molar-refractivity contribution in [3.8, 4) is 9.75 Å². The zero-order valence-electron chi connectivity index (χ0n) is 9.41. The third-order valence-corrected chi connectivity index (χ3v) is 4.30. The van der Waals surface area contributed by atoms with E-state index in [9.17, 15) is 14.9 Å². The second kappa shape index (κ2) is 5.28. The number of hydrogen-bond donors (Lipinski definition) is 0. The minimum absolute atomic E-state index is 0.0669. The maximum Gasteiger partial charge on any atom is 0.348 e. The summed E-state index contributed by atoms with van der Waals surface area (Å²) in [4.78, 5) is 23.6. The standard InChI is InChI=1S/C11H9NO4S2/c1-2-16-11(13)9-4-3-8(18-9)10-7(12(14)15)5-6-17-10/h3-6H,2H2,1H3. The van der Waals surface area contributed by atoms with Gasteiger partial charge in [-0.3, -0.25) is 10.1 Å². The smallest absolute Gasteiger partial charge is 0.348 e. The molecule has 2 heterocycles. The van der Waals surface area contributed by atoms with Gasteiger partial charge >= 0.3 is 5.97 Å². The summed E-state index contributed by atoms with van der Waals surface area (Å²) < 4.78 is 4.88. The van der Waals surface area contributed by atoms with Gasteiger partial charge in [0.1, 0.15) is 9.75 Å². The Morgan fingerprint density at radius 2 is 2.22 bits per heavy atom. The molecule has 0 atom stereocenters. The molecule has 0 N–H and O–H groups in total. The Bertz CT molecular complexity index is 587. The molecule has 2 aromatic rings. The second-order valence-corrected chi connectivity index (χ2v) is 5.28. The summed E-state index contributed by atoms with van der Waals surface area (Å²) >= 11 is 2.49. The lowest BCUT2D eigenvalue weighted by molar-refractivity contribution is -0.383. The highest BCUT2D eigenvalue weighted by Gasteiger charge is 2.19. The topological polar surface area (TPSA) is 69.4 Å². The molecule has 0 radical (unpaired) electrons. The first kappa shape index (κ1) is 12.7. The van der Waals surface area contributed by atoms with Gasteiger partial charge in [0.15, 0.2) is 0 Å². The predicted molar refractivity (Wildman–Crippen MR) is 70.2 cm³/mol. The molecule has 0 unspecified atom stereocenters. The fraction of sp³-hybridized carbons (Fsp3) is 0.182. The van der Waals surface area contributed by atoms with Crippen LogP contribution in [0.4, 0.5) is 5.69 Å². The van der Waals surface area contributed by atoms with Crippen molar-refractivity contribution in [1.82, 2.24) is 0 Å². The van der Waals surface area contributed by atoms with E-state index >= 15 is 0 Å². The number of nitrogens with zero attached hydrogens (tertiary/aromatic N) is 1. The number of hydrogen-bond acceptors (Lipinski definition) is 6. The van der Waals surface area contributed by atoms with Crippen molar-refractivity contribution in [2.75, 3.05) is 6.61 Å². The Labute approximate surface area is 111 Å². The molecular weight excluding hydrogens is 274 g/mol. The van der Waals surface area contributed by atoms with Crippen LogP contribution in [0.25, 0.3) is 9.75 Å². The number of rotatable bonds is 4. The third kappa shape index (κ3) is 2.41. The van der Waals surface area contributed by atoms with Gasteiger partial charge in [0.05, 0.1) is 16.4 Å². The molecule has 0 bridgehead atoms. The monoisotopic (exact) mass is 283 g/mol. The highest BCUT2D eigenvalue weighted by atomic mass is 32.1. The van der Waals surface area contributed by atoms with Crippen LogP contribution in [0.5, 0.6) is 0 Å². The van der Waals surface area contributed by atoms with Gasteiger partial charge in [-0.1, -0.05) is 0 Å². The van der Waals surface area contributed by atoms with Gasteiger partial charge in [-0.15, -0.1) is 22.7 Å². The number of carbonyl (C=O) groups excluding carboxylic acids is 1. The first-order valence-corrected chi connectivity index (χ1v) is 6.82. The Balaban J connectivity index is 2.32. The Morgan fingerprint density at radius 3 is 2.89 bits per heavy atom. The first-order valence-electron chi connectivity index (χ1n) is 5.12. The Hall–Kier alpha value is -1.73. The van der Waals surface area contributed by atoms with Crippen LogP contribution in [0.1, 0.15) is 16.6 Å². The van der Waals surface area contributed by atoms with E-state index in [4.69, 9.17) is 4.74 Å². The summed E-state index contributed by atoms with van der Waals surface area (Å²) in [7, 11) is 0. The molecule has 0 fully saturated rings. The van der Waals surface area contributed by atoms with Gasteiger partial charge in [0.2, 0.25) is 0 Å². The van der Waals surface area contributed by atoms with E-state index in [1.807, 2.05) is 0 Å². The molecule has 2 aromatic heterocycles. The van der Waals surface area contributed by atoms with Gasteiger partial charge in [-0.25, -0.2) is 4.79 Å². The fourth-order valence-electron chi connectivity index (χ4n) is 1.40. The molecule has 7 heteroatoms. The van der Waals surface area contributed by atoms with E-state index in [2.05, 4.69) is 0 Å². The molecule has 0 aliphatic heterocycles. The van der Waals surface area contributed by atoms with Crippen molar-refractivity contribution in [2.45, 2.75) is 6.92 Å². The molecule has 0 aliphatic rings. The van der Waals surface area contributed by atoms with Crippen molar-refractivity contribution in [2.24, 2.45) is 0 Å². The molecule has 0 spiro atoms. The molecular formula is C11H9NO4S2. The Kier molecular flexibility index (Phi) is 3.73. The number of carbonyl (C=O) groups is 1. The van der Waals surface area contributed by atoms with Crippen LogP contribution in [0.3, 0.4) is 0 Å². The van der Waals surface area contributed by atoms with E-state index in [0.717, 1.165) is 0 Å². The number of thiophene rings is 2. The molecule has 0 saturated heterocycles. The van der Waals surface area contributed by atoms with Crippen molar-refractivity contribution in [3.63, 3.8) is 0 Å². The van der Waals surface area contributed by atoms with E-state index < -0.39 is 10.9 Å². The van der Waals surface area contributed by atoms with Gasteiger partial charge < -0.3 is 4.74 Å². The maximum absolute atomic E-state index is 11.5. The third-order valence-electron chi connectivity index (χ3n) is 2.15. The van der Waals surface area contributed by atoms with E-state index in [1.54, 1.807) is 24.4 Å². The van der Waals surface area contributed by atoms with Gasteiger partial charge in [-0.05, 0) is 24.4 Å².